The predicted molar refractivity (Wildman–Crippen MR) is 194 cm³/mol. The van der Waals surface area contributed by atoms with E-state index >= 15 is 0 Å². The van der Waals surface area contributed by atoms with E-state index in [2.05, 4.69) is 89.5 Å². The van der Waals surface area contributed by atoms with Crippen LogP contribution in [0.15, 0.2) is 168 Å². The van der Waals surface area contributed by atoms with Gasteiger partial charge in [0.05, 0.1) is 54.4 Å². The molecule has 1 aliphatic rings. The van der Waals surface area contributed by atoms with Gasteiger partial charge in [-0.3, -0.25) is 0 Å². The fourth-order valence-corrected chi connectivity index (χ4v) is 5.96. The van der Waals surface area contributed by atoms with Crippen LogP contribution >= 0.6 is 0 Å². The first-order chi connectivity index (χ1) is 23.3. The Bertz CT molecular complexity index is 1940. The van der Waals surface area contributed by atoms with Gasteiger partial charge in [-0.1, -0.05) is 84.9 Å². The standard InChI is InChI=1S/C41H33N5O/c1-5-13-33(14-6-1)45(34-15-7-2-8-16-34)42-27-31-21-23-40-38(25-31)39-26-32(22-24-41(39)44(40)29-37-30-47-37)28-43-46(35-17-9-3-10-18-35)36-19-11-4-12-20-36/h1-28,37H,29-30H2/b42-27+,43-28+. The molecule has 6 aromatic carbocycles. The zero-order chi connectivity index (χ0) is 31.4. The average molecular weight is 612 g/mol. The summed E-state index contributed by atoms with van der Waals surface area (Å²) >= 11 is 0. The van der Waals surface area contributed by atoms with E-state index in [0.29, 0.717) is 0 Å². The number of epoxide rings is 1. The van der Waals surface area contributed by atoms with E-state index in [-0.39, 0.29) is 6.10 Å². The predicted octanol–water partition coefficient (Wildman–Crippen LogP) is 9.54. The molecule has 1 atom stereocenters. The zero-order valence-electron chi connectivity index (χ0n) is 25.8. The van der Waals surface area contributed by atoms with Crippen molar-refractivity contribution < 1.29 is 4.74 Å². The first-order valence-corrected chi connectivity index (χ1v) is 15.9. The van der Waals surface area contributed by atoms with Gasteiger partial charge in [0.2, 0.25) is 0 Å². The third kappa shape index (κ3) is 6.15. The molecule has 2 heterocycles. The minimum Gasteiger partial charge on any atom is -0.371 e. The van der Waals surface area contributed by atoms with E-state index in [1.54, 1.807) is 0 Å². The lowest BCUT2D eigenvalue weighted by Crippen LogP contribution is -2.09. The molecule has 1 saturated heterocycles. The molecule has 1 unspecified atom stereocenters. The van der Waals surface area contributed by atoms with Gasteiger partial charge in [-0.15, -0.1) is 0 Å². The molecule has 1 aromatic heterocycles. The van der Waals surface area contributed by atoms with Crippen molar-refractivity contribution in [3.63, 3.8) is 0 Å². The maximum Gasteiger partial charge on any atom is 0.0988 e. The highest BCUT2D eigenvalue weighted by atomic mass is 16.6. The molecular weight excluding hydrogens is 578 g/mol. The van der Waals surface area contributed by atoms with Crippen molar-refractivity contribution in [1.82, 2.24) is 4.57 Å². The topological polar surface area (TPSA) is 48.7 Å². The summed E-state index contributed by atoms with van der Waals surface area (Å²) in [5.74, 6) is 0. The molecule has 0 bridgehead atoms. The lowest BCUT2D eigenvalue weighted by molar-refractivity contribution is 0.387. The van der Waals surface area contributed by atoms with E-state index in [4.69, 9.17) is 14.9 Å². The molecule has 47 heavy (non-hydrogen) atoms. The van der Waals surface area contributed by atoms with Gasteiger partial charge in [0.15, 0.2) is 0 Å². The lowest BCUT2D eigenvalue weighted by atomic mass is 10.1. The number of benzene rings is 6. The Labute approximate surface area is 274 Å². The van der Waals surface area contributed by atoms with Crippen molar-refractivity contribution in [3.8, 4) is 0 Å². The molecule has 1 fully saturated rings. The summed E-state index contributed by atoms with van der Waals surface area (Å²) in [5.41, 5.74) is 8.41. The minimum absolute atomic E-state index is 0.256. The van der Waals surface area contributed by atoms with Crippen molar-refractivity contribution in [2.24, 2.45) is 10.2 Å². The van der Waals surface area contributed by atoms with Crippen LogP contribution in [0.3, 0.4) is 0 Å². The SMILES string of the molecule is C(=N\N(c1ccccc1)c1ccccc1)/c1ccc2c(c1)c1cc(/C=N/N(c3ccccc3)c3ccccc3)ccc1n2CC1CO1. The van der Waals surface area contributed by atoms with E-state index in [1.807, 2.05) is 95.2 Å². The smallest absolute Gasteiger partial charge is 0.0988 e. The van der Waals surface area contributed by atoms with Crippen LogP contribution in [0.4, 0.5) is 22.7 Å². The number of aromatic nitrogens is 1. The van der Waals surface area contributed by atoms with E-state index in [0.717, 1.165) is 47.0 Å². The van der Waals surface area contributed by atoms with Crippen molar-refractivity contribution in [1.29, 1.82) is 0 Å². The molecule has 0 amide bonds. The molecule has 0 radical (unpaired) electrons. The molecule has 7 aromatic rings. The molecule has 6 heteroatoms. The molecule has 0 saturated carbocycles. The van der Waals surface area contributed by atoms with Crippen LogP contribution in [0.2, 0.25) is 0 Å². The fraction of sp³-hybridized carbons (Fsp3) is 0.0732. The highest BCUT2D eigenvalue weighted by molar-refractivity contribution is 6.11. The van der Waals surface area contributed by atoms with E-state index in [1.165, 1.54) is 21.8 Å². The van der Waals surface area contributed by atoms with Gasteiger partial charge in [-0.05, 0) is 83.9 Å². The van der Waals surface area contributed by atoms with Crippen LogP contribution in [0.25, 0.3) is 21.8 Å². The number of fused-ring (bicyclic) bond motifs is 3. The lowest BCUT2D eigenvalue weighted by Gasteiger charge is -2.19. The van der Waals surface area contributed by atoms with Gasteiger partial charge in [0, 0.05) is 21.8 Å². The molecule has 8 rings (SSSR count). The Morgan fingerprint density at radius 1 is 0.532 bits per heavy atom. The van der Waals surface area contributed by atoms with Crippen molar-refractivity contribution in [2.75, 3.05) is 16.6 Å². The van der Waals surface area contributed by atoms with Crippen molar-refractivity contribution >= 4 is 57.0 Å². The molecule has 1 aliphatic heterocycles. The molecular formula is C41H33N5O. The van der Waals surface area contributed by atoms with Crippen molar-refractivity contribution in [3.05, 3.63) is 169 Å². The molecule has 6 nitrogen and oxygen atoms in total. The average Bonchev–Trinajstić information content (AvgIpc) is 3.92. The Hall–Kier alpha value is -5.98. The minimum atomic E-state index is 0.256. The highest BCUT2D eigenvalue weighted by Gasteiger charge is 2.25. The monoisotopic (exact) mass is 611 g/mol. The van der Waals surface area contributed by atoms with Crippen LogP contribution < -0.4 is 10.0 Å². The van der Waals surface area contributed by atoms with Crippen LogP contribution in [0, 0.1) is 0 Å². The van der Waals surface area contributed by atoms with Gasteiger partial charge < -0.3 is 9.30 Å². The van der Waals surface area contributed by atoms with Crippen molar-refractivity contribution in [2.45, 2.75) is 12.6 Å². The summed E-state index contributed by atoms with van der Waals surface area (Å²) in [6.45, 7) is 1.63. The Kier molecular flexibility index (Phi) is 7.75. The summed E-state index contributed by atoms with van der Waals surface area (Å²) in [7, 11) is 0. The summed E-state index contributed by atoms with van der Waals surface area (Å²) < 4.78 is 8.03. The number of rotatable bonds is 10. The molecule has 228 valence electrons. The Balaban J connectivity index is 1.18. The summed E-state index contributed by atoms with van der Waals surface area (Å²) in [6.07, 6.45) is 4.14. The Morgan fingerprint density at radius 2 is 0.894 bits per heavy atom. The van der Waals surface area contributed by atoms with Gasteiger partial charge in [0.1, 0.15) is 0 Å². The second kappa shape index (κ2) is 12.8. The zero-order valence-corrected chi connectivity index (χ0v) is 25.8. The van der Waals surface area contributed by atoms with Gasteiger partial charge in [0.25, 0.3) is 0 Å². The first-order valence-electron chi connectivity index (χ1n) is 15.9. The molecule has 0 spiro atoms. The molecule has 0 N–H and O–H groups in total. The summed E-state index contributed by atoms with van der Waals surface area (Å²) in [5, 5.41) is 16.2. The quantitative estimate of drug-likeness (QED) is 0.0879. The highest BCUT2D eigenvalue weighted by Crippen LogP contribution is 2.33. The molecule has 0 aliphatic carbocycles. The number of nitrogens with zero attached hydrogens (tertiary/aromatic N) is 5. The number of hydrazone groups is 2. The first kappa shape index (κ1) is 28.5. The van der Waals surface area contributed by atoms with Crippen LogP contribution in [0.5, 0.6) is 0 Å². The Morgan fingerprint density at radius 3 is 1.23 bits per heavy atom. The fourth-order valence-electron chi connectivity index (χ4n) is 5.96. The number of hydrogen-bond donors (Lipinski definition) is 0. The second-order valence-electron chi connectivity index (χ2n) is 11.6. The second-order valence-corrected chi connectivity index (χ2v) is 11.6. The maximum absolute atomic E-state index is 5.65. The third-order valence-electron chi connectivity index (χ3n) is 8.35. The number of para-hydroxylation sites is 4. The number of hydrogen-bond acceptors (Lipinski definition) is 5. The van der Waals surface area contributed by atoms with E-state index < -0.39 is 0 Å². The third-order valence-corrected chi connectivity index (χ3v) is 8.35. The number of anilines is 4. The van der Waals surface area contributed by atoms with Crippen LogP contribution in [-0.2, 0) is 11.3 Å². The van der Waals surface area contributed by atoms with Gasteiger partial charge in [-0.25, -0.2) is 10.0 Å². The van der Waals surface area contributed by atoms with E-state index in [9.17, 15) is 0 Å². The maximum atomic E-state index is 5.65. The van der Waals surface area contributed by atoms with Crippen LogP contribution in [-0.4, -0.2) is 29.7 Å². The van der Waals surface area contributed by atoms with Crippen LogP contribution in [0.1, 0.15) is 11.1 Å². The largest absolute Gasteiger partial charge is 0.371 e. The van der Waals surface area contributed by atoms with Gasteiger partial charge in [-0.2, -0.15) is 10.2 Å². The summed E-state index contributed by atoms with van der Waals surface area (Å²) in [4.78, 5) is 0. The van der Waals surface area contributed by atoms with Gasteiger partial charge >= 0.3 is 0 Å². The summed E-state index contributed by atoms with van der Waals surface area (Å²) in [6, 6.07) is 54.1. The normalized spacial score (nSPS) is 14.3. The number of ether oxygens (including phenoxy) is 1.